The van der Waals surface area contributed by atoms with E-state index >= 15 is 0 Å². The lowest BCUT2D eigenvalue weighted by Crippen LogP contribution is -2.32. The molecule has 0 bridgehead atoms. The molecule has 0 radical (unpaired) electrons. The number of amides is 1. The number of rotatable bonds is 6. The van der Waals surface area contributed by atoms with Crippen molar-refractivity contribution >= 4 is 17.5 Å². The van der Waals surface area contributed by atoms with Crippen LogP contribution in [0.1, 0.15) is 27.7 Å². The van der Waals surface area contributed by atoms with Gasteiger partial charge in [0.05, 0.1) is 19.8 Å². The predicted octanol–water partition coefficient (Wildman–Crippen LogP) is 3.34. The molecule has 3 N–H and O–H groups in total. The molecule has 2 heterocycles. The number of nitrogens with zero attached hydrogens (tertiary/aromatic N) is 2. The van der Waals surface area contributed by atoms with Gasteiger partial charge in [-0.05, 0) is 35.9 Å². The largest absolute Gasteiger partial charge is 0.507 e. The summed E-state index contributed by atoms with van der Waals surface area (Å²) in [5, 5.41) is 28.0. The molecule has 30 heavy (non-hydrogen) atoms. The number of nitrogens with one attached hydrogen (secondary N) is 1. The number of phenolic OH excluding ortho intramolecular Hbond substituents is 2. The molecule has 0 fully saturated rings. The minimum Gasteiger partial charge on any atom is -0.507 e. The minimum atomic E-state index is -0.524. The number of phenols is 2. The van der Waals surface area contributed by atoms with Gasteiger partial charge in [0.1, 0.15) is 17.1 Å². The van der Waals surface area contributed by atoms with Gasteiger partial charge in [-0.3, -0.25) is 9.89 Å². The lowest BCUT2D eigenvalue weighted by atomic mass is 9.95. The summed E-state index contributed by atoms with van der Waals surface area (Å²) < 4.78 is 10.4. The van der Waals surface area contributed by atoms with Crippen LogP contribution in [-0.2, 0) is 4.74 Å². The van der Waals surface area contributed by atoms with Crippen molar-refractivity contribution in [3.63, 3.8) is 0 Å². The van der Waals surface area contributed by atoms with Gasteiger partial charge in [-0.2, -0.15) is 5.10 Å². The van der Waals surface area contributed by atoms with Gasteiger partial charge in [0.2, 0.25) is 0 Å². The number of ether oxygens (including phenoxy) is 2. The number of fused-ring (bicyclic) bond motifs is 1. The molecule has 2 aromatic carbocycles. The van der Waals surface area contributed by atoms with E-state index in [-0.39, 0.29) is 23.2 Å². The maximum absolute atomic E-state index is 13.1. The average molecular weight is 430 g/mol. The topological polar surface area (TPSA) is 108 Å². The summed E-state index contributed by atoms with van der Waals surface area (Å²) in [5.74, 6) is 0.0442. The highest BCUT2D eigenvalue weighted by atomic mass is 35.5. The van der Waals surface area contributed by atoms with Gasteiger partial charge in [-0.25, -0.2) is 0 Å². The smallest absolute Gasteiger partial charge is 0.273 e. The van der Waals surface area contributed by atoms with Crippen molar-refractivity contribution in [3.8, 4) is 28.5 Å². The number of carbonyl (C=O) groups excluding carboxylic acids is 1. The lowest BCUT2D eigenvalue weighted by Gasteiger charge is -2.26. The number of aromatic nitrogens is 2. The fourth-order valence-corrected chi connectivity index (χ4v) is 3.90. The number of hydrogen-bond acceptors (Lipinski definition) is 6. The zero-order valence-corrected chi connectivity index (χ0v) is 17.1. The second-order valence-electron chi connectivity index (χ2n) is 6.85. The molecule has 1 amide bonds. The Balaban J connectivity index is 1.91. The van der Waals surface area contributed by atoms with E-state index in [0.717, 1.165) is 5.56 Å². The van der Waals surface area contributed by atoms with Gasteiger partial charge in [0.15, 0.2) is 11.5 Å². The van der Waals surface area contributed by atoms with Gasteiger partial charge in [-0.1, -0.05) is 17.7 Å². The maximum Gasteiger partial charge on any atom is 0.273 e. The monoisotopic (exact) mass is 429 g/mol. The second-order valence-corrected chi connectivity index (χ2v) is 7.28. The Hall–Kier alpha value is -3.23. The first-order valence-electron chi connectivity index (χ1n) is 9.20. The third-order valence-corrected chi connectivity index (χ3v) is 5.37. The number of methoxy groups -OCH3 is 2. The Morgan fingerprint density at radius 2 is 1.93 bits per heavy atom. The van der Waals surface area contributed by atoms with E-state index in [1.54, 1.807) is 36.3 Å². The number of carbonyl (C=O) groups is 1. The van der Waals surface area contributed by atoms with Crippen LogP contribution in [-0.4, -0.2) is 58.6 Å². The van der Waals surface area contributed by atoms with E-state index < -0.39 is 6.04 Å². The normalized spacial score (nSPS) is 15.5. The van der Waals surface area contributed by atoms with Crippen LogP contribution < -0.4 is 4.74 Å². The van der Waals surface area contributed by atoms with Crippen molar-refractivity contribution in [1.29, 1.82) is 0 Å². The van der Waals surface area contributed by atoms with Crippen LogP contribution in [0.5, 0.6) is 17.2 Å². The van der Waals surface area contributed by atoms with Gasteiger partial charge in [0.25, 0.3) is 5.91 Å². The predicted molar refractivity (Wildman–Crippen MR) is 110 cm³/mol. The van der Waals surface area contributed by atoms with Crippen LogP contribution in [0, 0.1) is 0 Å². The first kappa shape index (κ1) is 20.1. The van der Waals surface area contributed by atoms with Crippen LogP contribution >= 0.6 is 11.6 Å². The van der Waals surface area contributed by atoms with Crippen molar-refractivity contribution in [2.45, 2.75) is 6.04 Å². The fraction of sp³-hybridized carbons (Fsp3) is 0.238. The number of halogens is 1. The third-order valence-electron chi connectivity index (χ3n) is 5.13. The fourth-order valence-electron chi connectivity index (χ4n) is 3.73. The highest BCUT2D eigenvalue weighted by Gasteiger charge is 2.42. The Bertz CT molecular complexity index is 1110. The Kier molecular flexibility index (Phi) is 5.27. The summed E-state index contributed by atoms with van der Waals surface area (Å²) >= 11 is 6.13. The average Bonchev–Trinajstić information content (AvgIpc) is 3.28. The molecule has 4 rings (SSSR count). The summed E-state index contributed by atoms with van der Waals surface area (Å²) in [5.41, 5.74) is 2.50. The van der Waals surface area contributed by atoms with Crippen LogP contribution in [0.4, 0.5) is 0 Å². The highest BCUT2D eigenvalue weighted by molar-refractivity contribution is 6.31. The van der Waals surface area contributed by atoms with Crippen molar-refractivity contribution in [2.75, 3.05) is 27.4 Å². The molecule has 8 nitrogen and oxygen atoms in total. The molecule has 0 spiro atoms. The molecule has 156 valence electrons. The molecule has 1 aliphatic rings. The van der Waals surface area contributed by atoms with E-state index in [4.69, 9.17) is 21.1 Å². The quantitative estimate of drug-likeness (QED) is 0.554. The summed E-state index contributed by atoms with van der Waals surface area (Å²) in [7, 11) is 3.02. The summed E-state index contributed by atoms with van der Waals surface area (Å²) in [4.78, 5) is 14.8. The van der Waals surface area contributed by atoms with Gasteiger partial charge in [-0.15, -0.1) is 0 Å². The van der Waals surface area contributed by atoms with Gasteiger partial charge >= 0.3 is 0 Å². The summed E-state index contributed by atoms with van der Waals surface area (Å²) in [6, 6.07) is 9.05. The zero-order chi connectivity index (χ0) is 21.4. The zero-order valence-electron chi connectivity index (χ0n) is 16.3. The standard InChI is InChI=1S/C21H20ClN3O5/c1-29-8-7-25-20(11-3-5-15(27)16(9-11)30-2)17-18(23-24-19(17)21(25)28)13-10-12(22)4-6-14(13)26/h3-6,9-10,20,26-27H,7-8H2,1-2H3,(H,23,24). The lowest BCUT2D eigenvalue weighted by molar-refractivity contribution is 0.0677. The number of benzene rings is 2. The molecule has 0 aliphatic carbocycles. The first-order valence-corrected chi connectivity index (χ1v) is 9.58. The Morgan fingerprint density at radius 3 is 2.67 bits per heavy atom. The van der Waals surface area contributed by atoms with Crippen molar-refractivity contribution in [3.05, 3.63) is 58.2 Å². The maximum atomic E-state index is 13.1. The molecule has 0 saturated heterocycles. The van der Waals surface area contributed by atoms with E-state index in [2.05, 4.69) is 10.2 Å². The molecule has 1 aliphatic heterocycles. The molecule has 9 heteroatoms. The summed E-state index contributed by atoms with van der Waals surface area (Å²) in [6.07, 6.45) is 0. The van der Waals surface area contributed by atoms with Gasteiger partial charge in [0, 0.05) is 29.8 Å². The second kappa shape index (κ2) is 7.89. The van der Waals surface area contributed by atoms with E-state index in [1.807, 2.05) is 0 Å². The van der Waals surface area contributed by atoms with Crippen molar-refractivity contribution < 1.29 is 24.5 Å². The van der Waals surface area contributed by atoms with Crippen LogP contribution in [0.25, 0.3) is 11.3 Å². The molecular weight excluding hydrogens is 410 g/mol. The van der Waals surface area contributed by atoms with Crippen LogP contribution in [0.3, 0.4) is 0 Å². The van der Waals surface area contributed by atoms with E-state index in [1.165, 1.54) is 19.2 Å². The van der Waals surface area contributed by atoms with E-state index in [9.17, 15) is 15.0 Å². The third kappa shape index (κ3) is 3.24. The molecule has 3 aromatic rings. The SMILES string of the molecule is COCCN1C(=O)c2[nH]nc(-c3cc(Cl)ccc3O)c2C1c1ccc(O)c(OC)c1. The van der Waals surface area contributed by atoms with Crippen LogP contribution in [0.15, 0.2) is 36.4 Å². The van der Waals surface area contributed by atoms with E-state index in [0.29, 0.717) is 40.7 Å². The number of aromatic hydroxyl groups is 2. The minimum absolute atomic E-state index is 0.00136. The first-order chi connectivity index (χ1) is 14.5. The van der Waals surface area contributed by atoms with Crippen molar-refractivity contribution in [1.82, 2.24) is 15.1 Å². The molecule has 1 atom stereocenters. The summed E-state index contributed by atoms with van der Waals surface area (Å²) in [6.45, 7) is 0.680. The number of H-pyrrole nitrogens is 1. The Morgan fingerprint density at radius 1 is 1.17 bits per heavy atom. The molecular formula is C21H20ClN3O5. The molecule has 1 aromatic heterocycles. The number of aromatic amines is 1. The molecule has 0 saturated carbocycles. The van der Waals surface area contributed by atoms with Crippen molar-refractivity contribution in [2.24, 2.45) is 0 Å². The number of hydrogen-bond donors (Lipinski definition) is 3. The Labute approximate surface area is 177 Å². The molecule has 1 unspecified atom stereocenters. The highest BCUT2D eigenvalue weighted by Crippen LogP contribution is 2.46. The van der Waals surface area contributed by atoms with Gasteiger partial charge < -0.3 is 24.6 Å². The van der Waals surface area contributed by atoms with Crippen LogP contribution in [0.2, 0.25) is 5.02 Å².